The van der Waals surface area contributed by atoms with Gasteiger partial charge < -0.3 is 9.84 Å². The van der Waals surface area contributed by atoms with Crippen molar-refractivity contribution in [2.45, 2.75) is 6.92 Å². The van der Waals surface area contributed by atoms with Crippen molar-refractivity contribution in [3.63, 3.8) is 0 Å². The van der Waals surface area contributed by atoms with E-state index in [0.29, 0.717) is 5.02 Å². The molecule has 0 unspecified atom stereocenters. The first-order valence-electron chi connectivity index (χ1n) is 3.26. The van der Waals surface area contributed by atoms with Gasteiger partial charge in [-0.15, -0.1) is 0 Å². The van der Waals surface area contributed by atoms with Gasteiger partial charge in [0.25, 0.3) is 0 Å². The third-order valence-electron chi connectivity index (χ3n) is 1.17. The smallest absolute Gasteiger partial charge is 0.308 e. The van der Waals surface area contributed by atoms with Crippen molar-refractivity contribution in [2.24, 2.45) is 0 Å². The molecule has 0 saturated heterocycles. The zero-order valence-corrected chi connectivity index (χ0v) is 7.13. The van der Waals surface area contributed by atoms with E-state index in [1.165, 1.54) is 25.1 Å². The third kappa shape index (κ3) is 2.13. The van der Waals surface area contributed by atoms with Gasteiger partial charge in [0, 0.05) is 18.0 Å². The molecule has 0 fully saturated rings. The summed E-state index contributed by atoms with van der Waals surface area (Å²) in [5.41, 5.74) is 0. The highest BCUT2D eigenvalue weighted by Crippen LogP contribution is 2.28. The summed E-state index contributed by atoms with van der Waals surface area (Å²) < 4.78 is 4.65. The second kappa shape index (κ2) is 3.45. The van der Waals surface area contributed by atoms with E-state index in [9.17, 15) is 9.90 Å². The summed E-state index contributed by atoms with van der Waals surface area (Å²) in [6.07, 6.45) is 0. The molecular weight excluding hydrogens is 180 g/mol. The van der Waals surface area contributed by atoms with Crippen molar-refractivity contribution in [2.75, 3.05) is 0 Å². The highest BCUT2D eigenvalue weighted by molar-refractivity contribution is 6.30. The molecule has 4 heteroatoms. The molecule has 1 rings (SSSR count). The second-order valence-electron chi connectivity index (χ2n) is 2.21. The number of benzene rings is 1. The number of halogens is 1. The lowest BCUT2D eigenvalue weighted by Crippen LogP contribution is -2.01. The van der Waals surface area contributed by atoms with Gasteiger partial charge in [0.15, 0.2) is 11.5 Å². The Morgan fingerprint density at radius 3 is 2.75 bits per heavy atom. The van der Waals surface area contributed by atoms with E-state index >= 15 is 0 Å². The molecule has 0 aromatic heterocycles. The number of hydrogen-bond donors (Lipinski definition) is 1. The third-order valence-corrected chi connectivity index (χ3v) is 1.41. The monoisotopic (exact) mass is 186 g/mol. The predicted octanol–water partition coefficient (Wildman–Crippen LogP) is 1.97. The Morgan fingerprint density at radius 1 is 1.58 bits per heavy atom. The Morgan fingerprint density at radius 2 is 2.25 bits per heavy atom. The Labute approximate surface area is 74.5 Å². The zero-order chi connectivity index (χ0) is 9.14. The largest absolute Gasteiger partial charge is 0.504 e. The van der Waals surface area contributed by atoms with E-state index in [2.05, 4.69) is 4.74 Å². The predicted molar refractivity (Wildman–Crippen MR) is 44.4 cm³/mol. The lowest BCUT2D eigenvalue weighted by molar-refractivity contribution is -0.132. The molecule has 0 aliphatic carbocycles. The second-order valence-corrected chi connectivity index (χ2v) is 2.64. The lowest BCUT2D eigenvalue weighted by Gasteiger charge is -2.02. The van der Waals surface area contributed by atoms with Crippen molar-refractivity contribution in [3.05, 3.63) is 23.2 Å². The van der Waals surface area contributed by atoms with Crippen LogP contribution in [-0.2, 0) is 4.79 Å². The lowest BCUT2D eigenvalue weighted by atomic mass is 10.3. The van der Waals surface area contributed by atoms with E-state index in [1.54, 1.807) is 0 Å². The van der Waals surface area contributed by atoms with Crippen molar-refractivity contribution >= 4 is 17.6 Å². The molecule has 1 N–H and O–H groups in total. The number of phenols is 1. The van der Waals surface area contributed by atoms with Gasteiger partial charge in [-0.05, 0) is 12.1 Å². The Bertz CT molecular complexity index is 309. The SMILES string of the molecule is CC(=O)Oc1ccc(Cl)cc1O. The van der Waals surface area contributed by atoms with Crippen LogP contribution < -0.4 is 4.74 Å². The molecule has 0 aliphatic rings. The number of phenolic OH excluding ortho intramolecular Hbond substituents is 1. The molecule has 0 atom stereocenters. The van der Waals surface area contributed by atoms with Gasteiger partial charge in [-0.25, -0.2) is 0 Å². The van der Waals surface area contributed by atoms with Crippen LogP contribution in [0.1, 0.15) is 6.92 Å². The molecule has 0 aliphatic heterocycles. The van der Waals surface area contributed by atoms with Crippen LogP contribution in [-0.4, -0.2) is 11.1 Å². The van der Waals surface area contributed by atoms with Gasteiger partial charge in [-0.1, -0.05) is 11.6 Å². The van der Waals surface area contributed by atoms with E-state index < -0.39 is 5.97 Å². The number of carbonyl (C=O) groups excluding carboxylic acids is 1. The van der Waals surface area contributed by atoms with Crippen LogP contribution in [0.3, 0.4) is 0 Å². The van der Waals surface area contributed by atoms with Crippen molar-refractivity contribution in [3.8, 4) is 11.5 Å². The summed E-state index contributed by atoms with van der Waals surface area (Å²) in [6.45, 7) is 1.26. The van der Waals surface area contributed by atoms with Gasteiger partial charge in [-0.2, -0.15) is 0 Å². The minimum Gasteiger partial charge on any atom is -0.504 e. The van der Waals surface area contributed by atoms with Crippen LogP contribution in [0.25, 0.3) is 0 Å². The zero-order valence-electron chi connectivity index (χ0n) is 6.37. The molecule has 1 aromatic rings. The fourth-order valence-corrected chi connectivity index (χ4v) is 0.898. The summed E-state index contributed by atoms with van der Waals surface area (Å²) in [7, 11) is 0. The quantitative estimate of drug-likeness (QED) is 0.539. The molecule has 0 radical (unpaired) electrons. The number of hydrogen-bond acceptors (Lipinski definition) is 3. The summed E-state index contributed by atoms with van der Waals surface area (Å²) in [5, 5.41) is 9.57. The van der Waals surface area contributed by atoms with Crippen LogP contribution >= 0.6 is 11.6 Å². The highest BCUT2D eigenvalue weighted by Gasteiger charge is 2.04. The Kier molecular flexibility index (Phi) is 2.55. The van der Waals surface area contributed by atoms with E-state index in [4.69, 9.17) is 11.6 Å². The van der Waals surface area contributed by atoms with Crippen LogP contribution in [0.2, 0.25) is 5.02 Å². The number of carbonyl (C=O) groups is 1. The van der Waals surface area contributed by atoms with Crippen LogP contribution in [0, 0.1) is 0 Å². The standard InChI is InChI=1S/C8H7ClO3/c1-5(10)12-8-3-2-6(9)4-7(8)11/h2-4,11H,1H3. The highest BCUT2D eigenvalue weighted by atomic mass is 35.5. The van der Waals surface area contributed by atoms with E-state index in [0.717, 1.165) is 0 Å². The molecule has 1 aromatic carbocycles. The molecular formula is C8H7ClO3. The van der Waals surface area contributed by atoms with Gasteiger partial charge >= 0.3 is 5.97 Å². The molecule has 3 nitrogen and oxygen atoms in total. The van der Waals surface area contributed by atoms with Gasteiger partial charge in [0.2, 0.25) is 0 Å². The maximum Gasteiger partial charge on any atom is 0.308 e. The minimum atomic E-state index is -0.479. The van der Waals surface area contributed by atoms with E-state index in [1.807, 2.05) is 0 Å². The van der Waals surface area contributed by atoms with Crippen LogP contribution in [0.15, 0.2) is 18.2 Å². The number of ether oxygens (including phenoxy) is 1. The number of esters is 1. The van der Waals surface area contributed by atoms with Crippen molar-refractivity contribution in [1.29, 1.82) is 0 Å². The Hall–Kier alpha value is -1.22. The maximum absolute atomic E-state index is 10.5. The first-order chi connectivity index (χ1) is 5.59. The molecule has 64 valence electrons. The van der Waals surface area contributed by atoms with Crippen LogP contribution in [0.4, 0.5) is 0 Å². The van der Waals surface area contributed by atoms with Gasteiger partial charge in [0.05, 0.1) is 0 Å². The molecule has 12 heavy (non-hydrogen) atoms. The number of rotatable bonds is 1. The molecule has 0 saturated carbocycles. The normalized spacial score (nSPS) is 9.50. The first kappa shape index (κ1) is 8.87. The topological polar surface area (TPSA) is 46.5 Å². The van der Waals surface area contributed by atoms with Crippen molar-refractivity contribution in [1.82, 2.24) is 0 Å². The molecule has 0 heterocycles. The van der Waals surface area contributed by atoms with Gasteiger partial charge in [-0.3, -0.25) is 4.79 Å². The molecule has 0 spiro atoms. The van der Waals surface area contributed by atoms with Gasteiger partial charge in [0.1, 0.15) is 0 Å². The summed E-state index contributed by atoms with van der Waals surface area (Å²) >= 11 is 5.55. The molecule has 0 bridgehead atoms. The fourth-order valence-electron chi connectivity index (χ4n) is 0.732. The molecule has 0 amide bonds. The summed E-state index contributed by atoms with van der Waals surface area (Å²) in [4.78, 5) is 10.5. The maximum atomic E-state index is 10.5. The summed E-state index contributed by atoms with van der Waals surface area (Å²) in [6, 6.07) is 4.26. The average Bonchev–Trinajstić information content (AvgIpc) is 1.94. The Balaban J connectivity index is 2.93. The minimum absolute atomic E-state index is 0.118. The van der Waals surface area contributed by atoms with E-state index in [-0.39, 0.29) is 11.5 Å². The fraction of sp³-hybridized carbons (Fsp3) is 0.125. The van der Waals surface area contributed by atoms with Crippen LogP contribution in [0.5, 0.6) is 11.5 Å². The van der Waals surface area contributed by atoms with Crippen molar-refractivity contribution < 1.29 is 14.6 Å². The average molecular weight is 187 g/mol. The number of aromatic hydroxyl groups is 1. The summed E-state index contributed by atoms with van der Waals surface area (Å²) in [5.74, 6) is -0.503. The first-order valence-corrected chi connectivity index (χ1v) is 3.64.